The summed E-state index contributed by atoms with van der Waals surface area (Å²) in [6.07, 6.45) is 0. The Morgan fingerprint density at radius 3 is 2.47 bits per heavy atom. The van der Waals surface area contributed by atoms with Crippen LogP contribution in [0.3, 0.4) is 0 Å². The SMILES string of the molecule is N#Cc1ccc2nc(-c3ccc(Nc4ccccc4-n4c5ccccc5c5cccc(F)c54)cc3)oc2c1. The van der Waals surface area contributed by atoms with E-state index in [1.54, 1.807) is 24.3 Å². The van der Waals surface area contributed by atoms with Gasteiger partial charge in [-0.25, -0.2) is 9.37 Å². The molecule has 0 radical (unpaired) electrons. The van der Waals surface area contributed by atoms with Gasteiger partial charge in [0.05, 0.1) is 34.0 Å². The zero-order valence-electron chi connectivity index (χ0n) is 20.0. The zero-order chi connectivity index (χ0) is 25.6. The highest BCUT2D eigenvalue weighted by Gasteiger charge is 2.17. The average Bonchev–Trinajstić information content (AvgIpc) is 3.53. The second-order valence-corrected chi connectivity index (χ2v) is 9.02. The maximum atomic E-state index is 15.2. The van der Waals surface area contributed by atoms with Crippen molar-refractivity contribution < 1.29 is 8.81 Å². The largest absolute Gasteiger partial charge is 0.436 e. The average molecular weight is 495 g/mol. The van der Waals surface area contributed by atoms with Crippen LogP contribution in [-0.2, 0) is 0 Å². The van der Waals surface area contributed by atoms with Crippen molar-refractivity contribution in [3.05, 3.63) is 121 Å². The van der Waals surface area contributed by atoms with Crippen LogP contribution in [0.4, 0.5) is 15.8 Å². The highest BCUT2D eigenvalue weighted by molar-refractivity contribution is 6.09. The lowest BCUT2D eigenvalue weighted by Crippen LogP contribution is -2.01. The Balaban J connectivity index is 1.28. The van der Waals surface area contributed by atoms with E-state index in [9.17, 15) is 0 Å². The van der Waals surface area contributed by atoms with Crippen LogP contribution in [0.5, 0.6) is 0 Å². The van der Waals surface area contributed by atoms with E-state index in [0.29, 0.717) is 28.1 Å². The Morgan fingerprint density at radius 1 is 0.816 bits per heavy atom. The molecule has 0 amide bonds. The predicted molar refractivity (Wildman–Crippen MR) is 148 cm³/mol. The van der Waals surface area contributed by atoms with Crippen molar-refractivity contribution in [2.75, 3.05) is 5.32 Å². The molecule has 0 aliphatic rings. The summed E-state index contributed by atoms with van der Waals surface area (Å²) < 4.78 is 23.1. The van der Waals surface area contributed by atoms with Gasteiger partial charge >= 0.3 is 0 Å². The van der Waals surface area contributed by atoms with E-state index in [-0.39, 0.29) is 5.82 Å². The molecule has 180 valence electrons. The van der Waals surface area contributed by atoms with Gasteiger partial charge in [0.15, 0.2) is 5.58 Å². The third kappa shape index (κ3) is 3.49. The number of nitriles is 1. The molecule has 0 saturated carbocycles. The standard InChI is InChI=1S/C32H19FN4O/c33-25-8-5-7-24-23-6-1-3-10-28(23)37(31(24)25)29-11-4-2-9-26(29)35-22-15-13-21(14-16-22)32-36-27-17-12-20(19-34)18-30(27)38-32/h1-18,35H. The first-order valence-electron chi connectivity index (χ1n) is 12.1. The Kier molecular flexibility index (Phi) is 4.95. The molecule has 0 unspecified atom stereocenters. The van der Waals surface area contributed by atoms with Gasteiger partial charge in [-0.2, -0.15) is 5.26 Å². The second kappa shape index (κ2) is 8.61. The van der Waals surface area contributed by atoms with E-state index in [0.717, 1.165) is 38.9 Å². The predicted octanol–water partition coefficient (Wildman–Crippen LogP) is 8.35. The summed E-state index contributed by atoms with van der Waals surface area (Å²) >= 11 is 0. The van der Waals surface area contributed by atoms with Crippen molar-refractivity contribution in [2.24, 2.45) is 0 Å². The van der Waals surface area contributed by atoms with Crippen molar-refractivity contribution in [3.8, 4) is 23.2 Å². The maximum Gasteiger partial charge on any atom is 0.227 e. The highest BCUT2D eigenvalue weighted by atomic mass is 19.1. The molecule has 0 aliphatic heterocycles. The smallest absolute Gasteiger partial charge is 0.227 e. The van der Waals surface area contributed by atoms with Crippen LogP contribution in [0.2, 0.25) is 0 Å². The van der Waals surface area contributed by atoms with Crippen molar-refractivity contribution in [3.63, 3.8) is 0 Å². The van der Waals surface area contributed by atoms with Gasteiger partial charge < -0.3 is 14.3 Å². The third-order valence-corrected chi connectivity index (χ3v) is 6.72. The molecule has 0 atom stereocenters. The molecule has 0 spiro atoms. The molecule has 0 bridgehead atoms. The number of nitrogens with one attached hydrogen (secondary N) is 1. The molecular formula is C32H19FN4O. The lowest BCUT2D eigenvalue weighted by molar-refractivity contribution is 0.620. The number of halogens is 1. The van der Waals surface area contributed by atoms with Crippen LogP contribution >= 0.6 is 0 Å². The van der Waals surface area contributed by atoms with Crippen LogP contribution in [0.1, 0.15) is 5.56 Å². The minimum atomic E-state index is -0.266. The number of para-hydroxylation sites is 4. The van der Waals surface area contributed by atoms with Gasteiger partial charge in [0.1, 0.15) is 11.3 Å². The molecule has 5 aromatic carbocycles. The zero-order valence-corrected chi connectivity index (χ0v) is 20.0. The van der Waals surface area contributed by atoms with E-state index in [2.05, 4.69) is 16.4 Å². The molecule has 5 nitrogen and oxygen atoms in total. The molecule has 1 N–H and O–H groups in total. The van der Waals surface area contributed by atoms with Gasteiger partial charge in [-0.15, -0.1) is 0 Å². The van der Waals surface area contributed by atoms with Gasteiger partial charge in [-0.05, 0) is 60.7 Å². The van der Waals surface area contributed by atoms with Crippen molar-refractivity contribution >= 4 is 44.3 Å². The Hall–Kier alpha value is -5.41. The lowest BCUT2D eigenvalue weighted by atomic mass is 10.1. The Morgan fingerprint density at radius 2 is 1.61 bits per heavy atom. The molecule has 0 fully saturated rings. The van der Waals surface area contributed by atoms with E-state index in [4.69, 9.17) is 9.68 Å². The summed E-state index contributed by atoms with van der Waals surface area (Å²) in [6.45, 7) is 0. The molecule has 0 aliphatic carbocycles. The van der Waals surface area contributed by atoms with Gasteiger partial charge in [0.25, 0.3) is 0 Å². The van der Waals surface area contributed by atoms with Crippen LogP contribution in [0.15, 0.2) is 114 Å². The molecule has 38 heavy (non-hydrogen) atoms. The topological polar surface area (TPSA) is 66.8 Å². The summed E-state index contributed by atoms with van der Waals surface area (Å²) in [5.41, 5.74) is 6.68. The fourth-order valence-corrected chi connectivity index (χ4v) is 4.97. The number of hydrogen-bond donors (Lipinski definition) is 1. The van der Waals surface area contributed by atoms with Crippen LogP contribution < -0.4 is 5.32 Å². The Labute approximate surface area is 217 Å². The normalized spacial score (nSPS) is 11.3. The summed E-state index contributed by atoms with van der Waals surface area (Å²) in [4.78, 5) is 4.55. The molecule has 2 aromatic heterocycles. The molecule has 7 aromatic rings. The number of fused-ring (bicyclic) bond motifs is 4. The van der Waals surface area contributed by atoms with Crippen LogP contribution in [0, 0.1) is 17.1 Å². The maximum absolute atomic E-state index is 15.2. The van der Waals surface area contributed by atoms with Crippen molar-refractivity contribution in [1.29, 1.82) is 5.26 Å². The fraction of sp³-hybridized carbons (Fsp3) is 0. The van der Waals surface area contributed by atoms with E-state index >= 15 is 4.39 Å². The van der Waals surface area contributed by atoms with E-state index in [1.807, 2.05) is 83.4 Å². The van der Waals surface area contributed by atoms with Gasteiger partial charge in [-0.3, -0.25) is 0 Å². The number of anilines is 2. The molecular weight excluding hydrogens is 475 g/mol. The van der Waals surface area contributed by atoms with Crippen LogP contribution in [-0.4, -0.2) is 9.55 Å². The summed E-state index contributed by atoms with van der Waals surface area (Å²) in [5, 5.41) is 14.5. The first-order valence-corrected chi connectivity index (χ1v) is 12.1. The molecule has 2 heterocycles. The fourth-order valence-electron chi connectivity index (χ4n) is 4.97. The van der Waals surface area contributed by atoms with Crippen molar-refractivity contribution in [2.45, 2.75) is 0 Å². The van der Waals surface area contributed by atoms with E-state index in [1.165, 1.54) is 6.07 Å². The Bertz CT molecular complexity index is 2030. The highest BCUT2D eigenvalue weighted by Crippen LogP contribution is 2.36. The van der Waals surface area contributed by atoms with Gasteiger partial charge in [0.2, 0.25) is 5.89 Å². The number of rotatable bonds is 4. The number of nitrogens with zero attached hydrogens (tertiary/aromatic N) is 3. The van der Waals surface area contributed by atoms with Crippen molar-refractivity contribution in [1.82, 2.24) is 9.55 Å². The first-order chi connectivity index (χ1) is 18.7. The molecule has 6 heteroatoms. The minimum absolute atomic E-state index is 0.266. The summed E-state index contributed by atoms with van der Waals surface area (Å²) in [5.74, 6) is 0.223. The molecule has 0 saturated heterocycles. The summed E-state index contributed by atoms with van der Waals surface area (Å²) in [6, 6.07) is 36.2. The minimum Gasteiger partial charge on any atom is -0.436 e. The lowest BCUT2D eigenvalue weighted by Gasteiger charge is -2.15. The first kappa shape index (κ1) is 21.8. The number of benzene rings is 5. The van der Waals surface area contributed by atoms with Gasteiger partial charge in [-0.1, -0.05) is 42.5 Å². The monoisotopic (exact) mass is 494 g/mol. The quantitative estimate of drug-likeness (QED) is 0.267. The molecule has 7 rings (SSSR count). The van der Waals surface area contributed by atoms with Crippen LogP contribution in [0.25, 0.3) is 50.0 Å². The second-order valence-electron chi connectivity index (χ2n) is 9.02. The number of aromatic nitrogens is 2. The van der Waals surface area contributed by atoms with E-state index < -0.39 is 0 Å². The van der Waals surface area contributed by atoms with Gasteiger partial charge in [0, 0.05) is 28.1 Å². The number of oxazole rings is 1. The number of hydrogen-bond acceptors (Lipinski definition) is 4. The third-order valence-electron chi connectivity index (χ3n) is 6.72. The summed E-state index contributed by atoms with van der Waals surface area (Å²) in [7, 11) is 0.